The summed E-state index contributed by atoms with van der Waals surface area (Å²) in [5.41, 5.74) is 3.70. The van der Waals surface area contributed by atoms with E-state index in [-0.39, 0.29) is 23.9 Å². The van der Waals surface area contributed by atoms with E-state index < -0.39 is 5.97 Å². The Morgan fingerprint density at radius 2 is 1.69 bits per heavy atom. The summed E-state index contributed by atoms with van der Waals surface area (Å²) in [5, 5.41) is 5.20. The summed E-state index contributed by atoms with van der Waals surface area (Å²) in [6, 6.07) is 13.4. The van der Waals surface area contributed by atoms with E-state index in [2.05, 4.69) is 5.10 Å². The molecule has 29 heavy (non-hydrogen) atoms. The third kappa shape index (κ3) is 4.92. The number of esters is 1. The Hall–Kier alpha value is -2.50. The third-order valence-electron chi connectivity index (χ3n) is 4.52. The molecule has 5 nitrogen and oxygen atoms in total. The van der Waals surface area contributed by atoms with Gasteiger partial charge in [0.1, 0.15) is 29.7 Å². The van der Waals surface area contributed by atoms with E-state index in [9.17, 15) is 4.79 Å². The first kappa shape index (κ1) is 21.2. The Labute approximate surface area is 180 Å². The average molecular weight is 433 g/mol. The smallest absolute Gasteiger partial charge is 0.343 e. The second-order valence-electron chi connectivity index (χ2n) is 6.71. The predicted molar refractivity (Wildman–Crippen MR) is 114 cm³/mol. The van der Waals surface area contributed by atoms with Crippen LogP contribution in [0.25, 0.3) is 0 Å². The van der Waals surface area contributed by atoms with Crippen LogP contribution in [0.5, 0.6) is 5.75 Å². The van der Waals surface area contributed by atoms with Crippen LogP contribution in [0.15, 0.2) is 42.5 Å². The minimum absolute atomic E-state index is 0.109. The molecule has 3 aromatic rings. The fourth-order valence-corrected chi connectivity index (χ4v) is 3.56. The Morgan fingerprint density at radius 1 is 1.00 bits per heavy atom. The Bertz CT molecular complexity index is 1010. The number of rotatable bonds is 7. The molecule has 0 aliphatic carbocycles. The van der Waals surface area contributed by atoms with Crippen LogP contribution in [0.3, 0.4) is 0 Å². The number of para-hydroxylation sites is 1. The van der Waals surface area contributed by atoms with Crippen LogP contribution in [0.4, 0.5) is 0 Å². The average Bonchev–Trinajstić information content (AvgIpc) is 2.95. The summed E-state index contributed by atoms with van der Waals surface area (Å²) in [4.78, 5) is 12.5. The van der Waals surface area contributed by atoms with Crippen molar-refractivity contribution in [1.82, 2.24) is 9.78 Å². The summed E-state index contributed by atoms with van der Waals surface area (Å²) < 4.78 is 12.7. The highest BCUT2D eigenvalue weighted by Gasteiger charge is 2.22. The largest absolute Gasteiger partial charge is 0.489 e. The fourth-order valence-electron chi connectivity index (χ4n) is 3.06. The van der Waals surface area contributed by atoms with Gasteiger partial charge < -0.3 is 9.47 Å². The van der Waals surface area contributed by atoms with Crippen molar-refractivity contribution in [3.63, 3.8) is 0 Å². The zero-order valence-electron chi connectivity index (χ0n) is 16.5. The predicted octanol–water partition coefficient (Wildman–Crippen LogP) is 5.40. The van der Waals surface area contributed by atoms with E-state index in [0.717, 1.165) is 22.4 Å². The van der Waals surface area contributed by atoms with Gasteiger partial charge in [-0.25, -0.2) is 9.48 Å². The monoisotopic (exact) mass is 432 g/mol. The van der Waals surface area contributed by atoms with Crippen molar-refractivity contribution in [2.24, 2.45) is 0 Å². The zero-order valence-corrected chi connectivity index (χ0v) is 18.0. The van der Waals surface area contributed by atoms with Gasteiger partial charge in [0, 0.05) is 5.02 Å². The van der Waals surface area contributed by atoms with Crippen LogP contribution >= 0.6 is 23.2 Å². The molecule has 1 heterocycles. The van der Waals surface area contributed by atoms with Crippen molar-refractivity contribution >= 4 is 29.2 Å². The molecule has 0 radical (unpaired) electrons. The first-order chi connectivity index (χ1) is 13.9. The lowest BCUT2D eigenvalue weighted by molar-refractivity contribution is 0.0449. The molecule has 7 heteroatoms. The SMILES string of the molecule is Cc1cccc(C)c1OCCOC(=O)c1c(C)nn(Cc2ccccc2Cl)c1Cl. The minimum atomic E-state index is -0.525. The number of ether oxygens (including phenoxy) is 2. The molecule has 0 saturated heterocycles. The van der Waals surface area contributed by atoms with E-state index in [1.54, 1.807) is 17.7 Å². The van der Waals surface area contributed by atoms with Crippen LogP contribution in [0.2, 0.25) is 10.2 Å². The Kier molecular flexibility index (Phi) is 6.83. The highest BCUT2D eigenvalue weighted by Crippen LogP contribution is 2.25. The van der Waals surface area contributed by atoms with Gasteiger partial charge in [0.2, 0.25) is 0 Å². The number of benzene rings is 2. The van der Waals surface area contributed by atoms with Gasteiger partial charge in [-0.2, -0.15) is 5.10 Å². The number of carbonyl (C=O) groups excluding carboxylic acids is 1. The molecule has 0 bridgehead atoms. The van der Waals surface area contributed by atoms with Crippen LogP contribution < -0.4 is 4.74 Å². The van der Waals surface area contributed by atoms with Crippen LogP contribution in [-0.2, 0) is 11.3 Å². The normalized spacial score (nSPS) is 10.8. The molecule has 0 atom stereocenters. The maximum atomic E-state index is 12.5. The molecule has 1 aromatic heterocycles. The summed E-state index contributed by atoms with van der Waals surface area (Å²) >= 11 is 12.6. The van der Waals surface area contributed by atoms with Crippen LogP contribution in [0, 0.1) is 20.8 Å². The molecule has 3 rings (SSSR count). The van der Waals surface area contributed by atoms with Crippen LogP contribution in [-0.4, -0.2) is 29.0 Å². The van der Waals surface area contributed by atoms with E-state index in [1.165, 1.54) is 0 Å². The molecule has 0 spiro atoms. The number of aromatic nitrogens is 2. The molecule has 0 N–H and O–H groups in total. The Balaban J connectivity index is 1.62. The maximum Gasteiger partial charge on any atom is 0.343 e. The van der Waals surface area contributed by atoms with Gasteiger partial charge in [-0.1, -0.05) is 59.6 Å². The molecule has 0 amide bonds. The van der Waals surface area contributed by atoms with Gasteiger partial charge in [-0.3, -0.25) is 0 Å². The van der Waals surface area contributed by atoms with Gasteiger partial charge in [-0.05, 0) is 43.5 Å². The molecular weight excluding hydrogens is 411 g/mol. The van der Waals surface area contributed by atoms with Crippen LogP contribution in [0.1, 0.15) is 32.7 Å². The highest BCUT2D eigenvalue weighted by atomic mass is 35.5. The number of carbonyl (C=O) groups is 1. The quantitative estimate of drug-likeness (QED) is 0.370. The second kappa shape index (κ2) is 9.33. The van der Waals surface area contributed by atoms with Gasteiger partial charge in [0.15, 0.2) is 0 Å². The first-order valence-electron chi connectivity index (χ1n) is 9.21. The van der Waals surface area contributed by atoms with Crippen molar-refractivity contribution < 1.29 is 14.3 Å². The zero-order chi connectivity index (χ0) is 21.0. The first-order valence-corrected chi connectivity index (χ1v) is 9.96. The van der Waals surface area contributed by atoms with E-state index in [4.69, 9.17) is 32.7 Å². The maximum absolute atomic E-state index is 12.5. The molecule has 2 aromatic carbocycles. The highest BCUT2D eigenvalue weighted by molar-refractivity contribution is 6.33. The van der Waals surface area contributed by atoms with E-state index >= 15 is 0 Å². The van der Waals surface area contributed by atoms with Gasteiger partial charge in [-0.15, -0.1) is 0 Å². The van der Waals surface area contributed by atoms with Crippen molar-refractivity contribution in [2.75, 3.05) is 13.2 Å². The standard InChI is InChI=1S/C22H22Cl2N2O3/c1-14-7-6-8-15(2)20(14)28-11-12-29-22(27)19-16(3)25-26(21(19)24)13-17-9-4-5-10-18(17)23/h4-10H,11-13H2,1-3H3. The fraction of sp³-hybridized carbons (Fsp3) is 0.273. The molecule has 0 unspecified atom stereocenters. The summed E-state index contributed by atoms with van der Waals surface area (Å²) in [6.45, 7) is 6.40. The molecular formula is C22H22Cl2N2O3. The lowest BCUT2D eigenvalue weighted by atomic mass is 10.1. The number of halogens is 2. The van der Waals surface area contributed by atoms with Gasteiger partial charge in [0.25, 0.3) is 0 Å². The van der Waals surface area contributed by atoms with Crippen molar-refractivity contribution in [2.45, 2.75) is 27.3 Å². The van der Waals surface area contributed by atoms with Crippen molar-refractivity contribution in [1.29, 1.82) is 0 Å². The van der Waals surface area contributed by atoms with Gasteiger partial charge in [0.05, 0.1) is 12.2 Å². The molecule has 0 aliphatic rings. The molecule has 152 valence electrons. The third-order valence-corrected chi connectivity index (χ3v) is 5.27. The molecule has 0 aliphatic heterocycles. The number of hydrogen-bond donors (Lipinski definition) is 0. The van der Waals surface area contributed by atoms with E-state index in [0.29, 0.717) is 17.3 Å². The topological polar surface area (TPSA) is 53.4 Å². The number of aryl methyl sites for hydroxylation is 3. The molecule has 0 saturated carbocycles. The second-order valence-corrected chi connectivity index (χ2v) is 7.47. The lowest BCUT2D eigenvalue weighted by Crippen LogP contribution is -2.14. The summed E-state index contributed by atoms with van der Waals surface area (Å²) in [5.74, 6) is 0.285. The minimum Gasteiger partial charge on any atom is -0.489 e. The summed E-state index contributed by atoms with van der Waals surface area (Å²) in [7, 11) is 0. The molecule has 0 fully saturated rings. The number of nitrogens with zero attached hydrogens (tertiary/aromatic N) is 2. The van der Waals surface area contributed by atoms with Crippen molar-refractivity contribution in [3.8, 4) is 5.75 Å². The van der Waals surface area contributed by atoms with E-state index in [1.807, 2.05) is 50.2 Å². The number of hydrogen-bond acceptors (Lipinski definition) is 4. The lowest BCUT2D eigenvalue weighted by Gasteiger charge is -2.12. The van der Waals surface area contributed by atoms with Crippen molar-refractivity contribution in [3.05, 3.63) is 80.6 Å². The van der Waals surface area contributed by atoms with Gasteiger partial charge >= 0.3 is 5.97 Å². The Morgan fingerprint density at radius 3 is 2.38 bits per heavy atom. The summed E-state index contributed by atoms with van der Waals surface area (Å²) in [6.07, 6.45) is 0.